The Hall–Kier alpha value is -2.54. The zero-order chi connectivity index (χ0) is 19.8. The van der Waals surface area contributed by atoms with Crippen molar-refractivity contribution in [1.29, 1.82) is 0 Å². The average molecular weight is 384 g/mol. The van der Waals surface area contributed by atoms with Crippen molar-refractivity contribution in [2.45, 2.75) is 39.3 Å². The van der Waals surface area contributed by atoms with Crippen molar-refractivity contribution in [2.75, 3.05) is 43.1 Å². The number of nitrogens with zero attached hydrogens (tertiary/aromatic N) is 2. The molecule has 2 saturated heterocycles. The second kappa shape index (κ2) is 7.47. The van der Waals surface area contributed by atoms with Gasteiger partial charge in [0.05, 0.1) is 36.2 Å². The first-order valence-corrected chi connectivity index (χ1v) is 10.0. The lowest BCUT2D eigenvalue weighted by atomic mass is 10.0. The molecule has 3 heterocycles. The number of carbonyl (C=O) groups excluding carboxylic acids is 2. The van der Waals surface area contributed by atoms with Gasteiger partial charge in [0, 0.05) is 43.9 Å². The maximum atomic E-state index is 13.5. The molecular formula is C21H28N4O3. The molecule has 0 spiro atoms. The highest BCUT2D eigenvalue weighted by molar-refractivity contribution is 6.33. The first kappa shape index (κ1) is 18.8. The Labute approximate surface area is 165 Å². The highest BCUT2D eigenvalue weighted by Gasteiger charge is 2.41. The van der Waals surface area contributed by atoms with E-state index in [9.17, 15) is 9.59 Å². The molecule has 3 aliphatic rings. The van der Waals surface area contributed by atoms with Gasteiger partial charge in [0.25, 0.3) is 5.91 Å². The normalized spacial score (nSPS) is 24.6. The third-order valence-corrected chi connectivity index (χ3v) is 5.52. The number of hydrogen-bond donors (Lipinski definition) is 2. The summed E-state index contributed by atoms with van der Waals surface area (Å²) < 4.78 is 5.60. The van der Waals surface area contributed by atoms with Crippen LogP contribution in [0.3, 0.4) is 0 Å². The minimum atomic E-state index is 0.0000916. The van der Waals surface area contributed by atoms with Crippen LogP contribution in [0.4, 0.5) is 11.4 Å². The Bertz CT molecular complexity index is 825. The summed E-state index contributed by atoms with van der Waals surface area (Å²) >= 11 is 0. The molecule has 0 aliphatic carbocycles. The molecule has 0 radical (unpaired) electrons. The van der Waals surface area contributed by atoms with Crippen molar-refractivity contribution in [3.63, 3.8) is 0 Å². The molecule has 4 rings (SSSR count). The highest BCUT2D eigenvalue weighted by Crippen LogP contribution is 2.42. The van der Waals surface area contributed by atoms with Crippen LogP contribution in [0.2, 0.25) is 0 Å². The van der Waals surface area contributed by atoms with Crippen molar-refractivity contribution >= 4 is 28.8 Å². The number of ether oxygens (including phenoxy) is 1. The van der Waals surface area contributed by atoms with E-state index in [4.69, 9.17) is 4.74 Å². The lowest BCUT2D eigenvalue weighted by molar-refractivity contribution is -0.128. The smallest absolute Gasteiger partial charge is 0.261 e. The van der Waals surface area contributed by atoms with Gasteiger partial charge in [-0.1, -0.05) is 0 Å². The van der Waals surface area contributed by atoms with Crippen LogP contribution < -0.4 is 15.5 Å². The first-order valence-electron chi connectivity index (χ1n) is 10.0. The summed E-state index contributed by atoms with van der Waals surface area (Å²) in [5.74, 6) is 0.0619. The molecule has 2 amide bonds. The van der Waals surface area contributed by atoms with Gasteiger partial charge in [0.1, 0.15) is 0 Å². The number of nitrogens with one attached hydrogen (secondary N) is 2. The van der Waals surface area contributed by atoms with E-state index in [1.165, 1.54) is 0 Å². The van der Waals surface area contributed by atoms with E-state index in [0.29, 0.717) is 44.5 Å². The van der Waals surface area contributed by atoms with E-state index in [-0.39, 0.29) is 17.9 Å². The van der Waals surface area contributed by atoms with Crippen molar-refractivity contribution in [3.8, 4) is 0 Å². The lowest BCUT2D eigenvalue weighted by Gasteiger charge is -2.25. The highest BCUT2D eigenvalue weighted by atomic mass is 16.5. The fraction of sp³-hybridized carbons (Fsp3) is 0.524. The Kier molecular flexibility index (Phi) is 5.02. The molecule has 1 atom stereocenters. The third-order valence-electron chi connectivity index (χ3n) is 5.52. The van der Waals surface area contributed by atoms with Gasteiger partial charge in [-0.15, -0.1) is 0 Å². The summed E-state index contributed by atoms with van der Waals surface area (Å²) in [6, 6.07) is 6.41. The summed E-state index contributed by atoms with van der Waals surface area (Å²) in [4.78, 5) is 29.0. The van der Waals surface area contributed by atoms with Gasteiger partial charge in [0.15, 0.2) is 0 Å². The van der Waals surface area contributed by atoms with Crippen LogP contribution in [0.1, 0.15) is 32.8 Å². The number of hydrogen-bond acceptors (Lipinski definition) is 5. The van der Waals surface area contributed by atoms with Crippen molar-refractivity contribution in [3.05, 3.63) is 29.5 Å². The fourth-order valence-electron chi connectivity index (χ4n) is 4.27. The van der Waals surface area contributed by atoms with Gasteiger partial charge >= 0.3 is 0 Å². The molecule has 3 aliphatic heterocycles. The van der Waals surface area contributed by atoms with Crippen molar-refractivity contribution in [2.24, 2.45) is 0 Å². The van der Waals surface area contributed by atoms with Gasteiger partial charge in [-0.2, -0.15) is 0 Å². The molecule has 150 valence electrons. The third kappa shape index (κ3) is 3.35. The van der Waals surface area contributed by atoms with Crippen LogP contribution in [0.25, 0.3) is 5.57 Å². The van der Waals surface area contributed by atoms with Gasteiger partial charge in [-0.05, 0) is 38.5 Å². The standard InChI is InChI=1S/C21H28N4O3/c1-13(2)23-15-4-5-19-17(10-15)20(18-12-28-9-7-22-18)21(27)25(19)16-6-8-24(11-16)14(3)26/h4-5,10,13,16,22-23H,6-9,11-12H2,1-3H3/b20-18-/t16-/m0/s1. The summed E-state index contributed by atoms with van der Waals surface area (Å²) in [5, 5.41) is 6.78. The van der Waals surface area contributed by atoms with E-state index in [0.717, 1.165) is 29.1 Å². The largest absolute Gasteiger partial charge is 0.383 e. The summed E-state index contributed by atoms with van der Waals surface area (Å²) in [7, 11) is 0. The second-order valence-corrected chi connectivity index (χ2v) is 7.95. The number of morpholine rings is 1. The van der Waals surface area contributed by atoms with Crippen molar-refractivity contribution in [1.82, 2.24) is 10.2 Å². The number of fused-ring (bicyclic) bond motifs is 1. The summed E-state index contributed by atoms with van der Waals surface area (Å²) in [5.41, 5.74) is 4.40. The van der Waals surface area contributed by atoms with Crippen LogP contribution in [-0.4, -0.2) is 61.6 Å². The van der Waals surface area contributed by atoms with E-state index >= 15 is 0 Å². The van der Waals surface area contributed by atoms with Gasteiger partial charge in [0.2, 0.25) is 5.91 Å². The molecule has 2 N–H and O–H groups in total. The molecule has 0 saturated carbocycles. The average Bonchev–Trinajstić information content (AvgIpc) is 3.24. The Morgan fingerprint density at radius 3 is 2.82 bits per heavy atom. The van der Waals surface area contributed by atoms with Gasteiger partial charge < -0.3 is 25.2 Å². The summed E-state index contributed by atoms with van der Waals surface area (Å²) in [6.45, 7) is 8.81. The predicted octanol–water partition coefficient (Wildman–Crippen LogP) is 1.81. The number of rotatable bonds is 3. The van der Waals surface area contributed by atoms with Crippen LogP contribution in [0, 0.1) is 0 Å². The SMILES string of the molecule is CC(=O)N1CC[C@H](N2C(=O)/C(=C3/COCCN3)c3cc(NC(C)C)ccc32)C1. The first-order chi connectivity index (χ1) is 13.5. The number of carbonyl (C=O) groups is 2. The number of amides is 2. The van der Waals surface area contributed by atoms with E-state index < -0.39 is 0 Å². The second-order valence-electron chi connectivity index (χ2n) is 7.95. The molecular weight excluding hydrogens is 356 g/mol. The van der Waals surface area contributed by atoms with E-state index in [1.807, 2.05) is 21.9 Å². The molecule has 1 aromatic rings. The lowest BCUT2D eigenvalue weighted by Crippen LogP contribution is -2.41. The van der Waals surface area contributed by atoms with Crippen LogP contribution in [0.15, 0.2) is 23.9 Å². The molecule has 1 aromatic carbocycles. The molecule has 0 aromatic heterocycles. The van der Waals surface area contributed by atoms with Gasteiger partial charge in [-0.3, -0.25) is 9.59 Å². The molecule has 0 unspecified atom stereocenters. The Morgan fingerprint density at radius 1 is 1.36 bits per heavy atom. The Morgan fingerprint density at radius 2 is 2.18 bits per heavy atom. The van der Waals surface area contributed by atoms with E-state index in [2.05, 4.69) is 30.5 Å². The molecule has 7 nitrogen and oxygen atoms in total. The molecule has 7 heteroatoms. The zero-order valence-corrected chi connectivity index (χ0v) is 16.7. The number of likely N-dealkylation sites (tertiary alicyclic amines) is 1. The minimum absolute atomic E-state index is 0.0000916. The van der Waals surface area contributed by atoms with Crippen LogP contribution >= 0.6 is 0 Å². The monoisotopic (exact) mass is 384 g/mol. The Balaban J connectivity index is 1.74. The minimum Gasteiger partial charge on any atom is -0.383 e. The topological polar surface area (TPSA) is 73.9 Å². The van der Waals surface area contributed by atoms with Crippen LogP contribution in [0.5, 0.6) is 0 Å². The van der Waals surface area contributed by atoms with Crippen molar-refractivity contribution < 1.29 is 14.3 Å². The number of benzene rings is 1. The van der Waals surface area contributed by atoms with Gasteiger partial charge in [-0.25, -0.2) is 0 Å². The number of anilines is 2. The van der Waals surface area contributed by atoms with E-state index in [1.54, 1.807) is 6.92 Å². The molecule has 2 fully saturated rings. The summed E-state index contributed by atoms with van der Waals surface area (Å²) in [6.07, 6.45) is 0.795. The fourth-order valence-corrected chi connectivity index (χ4v) is 4.27. The maximum absolute atomic E-state index is 13.5. The molecule has 0 bridgehead atoms. The predicted molar refractivity (Wildman–Crippen MR) is 109 cm³/mol. The van der Waals surface area contributed by atoms with Crippen LogP contribution in [-0.2, 0) is 14.3 Å². The molecule has 28 heavy (non-hydrogen) atoms. The quantitative estimate of drug-likeness (QED) is 0.778. The zero-order valence-electron chi connectivity index (χ0n) is 16.7. The maximum Gasteiger partial charge on any atom is 0.261 e.